The minimum absolute atomic E-state index is 0.159. The van der Waals surface area contributed by atoms with Gasteiger partial charge in [-0.05, 0) is 37.9 Å². The van der Waals surface area contributed by atoms with Crippen molar-refractivity contribution in [3.63, 3.8) is 0 Å². The fourth-order valence-electron chi connectivity index (χ4n) is 2.91. The van der Waals surface area contributed by atoms with E-state index < -0.39 is 5.82 Å². The quantitative estimate of drug-likeness (QED) is 0.889. The van der Waals surface area contributed by atoms with E-state index in [1.54, 1.807) is 18.2 Å². The van der Waals surface area contributed by atoms with Crippen LogP contribution >= 0.6 is 0 Å². The Morgan fingerprint density at radius 2 is 2.19 bits per heavy atom. The molecule has 2 heterocycles. The Morgan fingerprint density at radius 1 is 1.33 bits per heavy atom. The van der Waals surface area contributed by atoms with E-state index in [2.05, 4.69) is 9.88 Å². The topological polar surface area (TPSA) is 56.3 Å². The predicted molar refractivity (Wildman–Crippen MR) is 79.7 cm³/mol. The molecule has 0 bridgehead atoms. The summed E-state index contributed by atoms with van der Waals surface area (Å²) in [6, 6.07) is 6.07. The van der Waals surface area contributed by atoms with Gasteiger partial charge in [0, 0.05) is 30.2 Å². The molecule has 1 aromatic heterocycles. The van der Waals surface area contributed by atoms with E-state index >= 15 is 0 Å². The van der Waals surface area contributed by atoms with Crippen LogP contribution in [0.4, 0.5) is 4.39 Å². The van der Waals surface area contributed by atoms with Crippen LogP contribution in [0, 0.1) is 5.82 Å². The Kier molecular flexibility index (Phi) is 4.03. The second kappa shape index (κ2) is 5.95. The van der Waals surface area contributed by atoms with Gasteiger partial charge in [0.2, 0.25) is 0 Å². The largest absolute Gasteiger partial charge is 0.393 e. The molecule has 2 aromatic rings. The highest BCUT2D eigenvalue weighted by Gasteiger charge is 2.16. The zero-order valence-electron chi connectivity index (χ0n) is 11.8. The lowest BCUT2D eigenvalue weighted by atomic mass is 10.2. The van der Waals surface area contributed by atoms with Gasteiger partial charge in [-0.1, -0.05) is 6.07 Å². The van der Waals surface area contributed by atoms with Gasteiger partial charge >= 0.3 is 0 Å². The SMILES string of the molecule is O=c1cc(CN2CCCC(O)CC2)[nH]c2c(F)cccc12. The second-order valence-electron chi connectivity index (χ2n) is 5.68. The Bertz CT molecular complexity index is 698. The molecule has 1 aliphatic rings. The lowest BCUT2D eigenvalue weighted by molar-refractivity contribution is 0.154. The number of fused-ring (bicyclic) bond motifs is 1. The van der Waals surface area contributed by atoms with Crippen LogP contribution in [0.3, 0.4) is 0 Å². The molecular formula is C16H19FN2O2. The van der Waals surface area contributed by atoms with Gasteiger partial charge in [-0.2, -0.15) is 0 Å². The number of likely N-dealkylation sites (tertiary alicyclic amines) is 1. The molecule has 0 aliphatic carbocycles. The lowest BCUT2D eigenvalue weighted by Crippen LogP contribution is -2.26. The van der Waals surface area contributed by atoms with Gasteiger partial charge in [0.15, 0.2) is 5.43 Å². The fraction of sp³-hybridized carbons (Fsp3) is 0.438. The number of nitrogens with zero attached hydrogens (tertiary/aromatic N) is 1. The summed E-state index contributed by atoms with van der Waals surface area (Å²) in [5.74, 6) is -0.405. The maximum Gasteiger partial charge on any atom is 0.189 e. The number of hydrogen-bond acceptors (Lipinski definition) is 3. The van der Waals surface area contributed by atoms with Crippen LogP contribution < -0.4 is 5.43 Å². The molecule has 1 aromatic carbocycles. The minimum Gasteiger partial charge on any atom is -0.393 e. The van der Waals surface area contributed by atoms with E-state index in [9.17, 15) is 14.3 Å². The van der Waals surface area contributed by atoms with E-state index in [0.717, 1.165) is 32.4 Å². The van der Waals surface area contributed by atoms with Crippen molar-refractivity contribution >= 4 is 10.9 Å². The van der Waals surface area contributed by atoms with Gasteiger partial charge in [0.25, 0.3) is 0 Å². The number of aliphatic hydroxyl groups excluding tert-OH is 1. The molecule has 0 spiro atoms. The fourth-order valence-corrected chi connectivity index (χ4v) is 2.91. The molecule has 112 valence electrons. The van der Waals surface area contributed by atoms with Crippen molar-refractivity contribution in [3.05, 3.63) is 46.0 Å². The molecule has 1 aliphatic heterocycles. The Hall–Kier alpha value is -1.72. The summed E-state index contributed by atoms with van der Waals surface area (Å²) in [6.45, 7) is 2.25. The Labute approximate surface area is 122 Å². The molecule has 1 fully saturated rings. The number of H-pyrrole nitrogens is 1. The van der Waals surface area contributed by atoms with E-state index in [-0.39, 0.29) is 17.0 Å². The zero-order valence-corrected chi connectivity index (χ0v) is 11.8. The van der Waals surface area contributed by atoms with Gasteiger partial charge in [-0.25, -0.2) is 4.39 Å². The van der Waals surface area contributed by atoms with E-state index in [4.69, 9.17) is 0 Å². The predicted octanol–water partition coefficient (Wildman–Crippen LogP) is 2.01. The Morgan fingerprint density at radius 3 is 3.05 bits per heavy atom. The summed E-state index contributed by atoms with van der Waals surface area (Å²) in [7, 11) is 0. The summed E-state index contributed by atoms with van der Waals surface area (Å²) in [6.07, 6.45) is 2.27. The highest BCUT2D eigenvalue weighted by atomic mass is 19.1. The van der Waals surface area contributed by atoms with Crippen molar-refractivity contribution < 1.29 is 9.50 Å². The van der Waals surface area contributed by atoms with Crippen molar-refractivity contribution in [2.75, 3.05) is 13.1 Å². The number of rotatable bonds is 2. The lowest BCUT2D eigenvalue weighted by Gasteiger charge is -2.19. The first-order chi connectivity index (χ1) is 10.1. The Balaban J connectivity index is 1.87. The maximum atomic E-state index is 13.8. The average molecular weight is 290 g/mol. The van der Waals surface area contributed by atoms with Crippen molar-refractivity contribution in [2.24, 2.45) is 0 Å². The van der Waals surface area contributed by atoms with E-state index in [1.807, 2.05) is 0 Å². The van der Waals surface area contributed by atoms with Crippen LogP contribution in [0.1, 0.15) is 25.0 Å². The molecule has 1 unspecified atom stereocenters. The third-order valence-corrected chi connectivity index (χ3v) is 4.05. The third-order valence-electron chi connectivity index (χ3n) is 4.05. The van der Waals surface area contributed by atoms with E-state index in [0.29, 0.717) is 17.6 Å². The van der Waals surface area contributed by atoms with Gasteiger partial charge in [0.1, 0.15) is 5.82 Å². The molecule has 2 N–H and O–H groups in total. The summed E-state index contributed by atoms with van der Waals surface area (Å²) < 4.78 is 13.8. The average Bonchev–Trinajstić information content (AvgIpc) is 2.65. The van der Waals surface area contributed by atoms with Crippen LogP contribution in [0.15, 0.2) is 29.1 Å². The molecule has 21 heavy (non-hydrogen) atoms. The number of para-hydroxylation sites is 1. The van der Waals surface area contributed by atoms with Crippen molar-refractivity contribution in [1.82, 2.24) is 9.88 Å². The first-order valence-electron chi connectivity index (χ1n) is 7.34. The standard InChI is InChI=1S/C16H19FN2O2/c17-14-5-1-4-13-15(21)9-11(18-16(13)14)10-19-7-2-3-12(20)6-8-19/h1,4-5,9,12,20H,2-3,6-8,10H2,(H,18,21). The smallest absolute Gasteiger partial charge is 0.189 e. The van der Waals surface area contributed by atoms with Gasteiger partial charge in [-0.3, -0.25) is 9.69 Å². The van der Waals surface area contributed by atoms with Gasteiger partial charge in [0.05, 0.1) is 11.6 Å². The molecule has 5 heteroatoms. The van der Waals surface area contributed by atoms with Crippen LogP contribution in [0.5, 0.6) is 0 Å². The number of aliphatic hydroxyl groups is 1. The number of halogens is 1. The number of aromatic nitrogens is 1. The molecule has 0 saturated carbocycles. The van der Waals surface area contributed by atoms with E-state index in [1.165, 1.54) is 6.07 Å². The normalized spacial score (nSPS) is 20.6. The van der Waals surface area contributed by atoms with Crippen LogP contribution in [-0.4, -0.2) is 34.2 Å². The van der Waals surface area contributed by atoms with Crippen LogP contribution in [0.2, 0.25) is 0 Å². The molecule has 1 atom stereocenters. The maximum absolute atomic E-state index is 13.8. The molecule has 4 nitrogen and oxygen atoms in total. The van der Waals surface area contributed by atoms with Gasteiger partial charge < -0.3 is 10.1 Å². The highest BCUT2D eigenvalue weighted by molar-refractivity contribution is 5.78. The first-order valence-corrected chi connectivity index (χ1v) is 7.34. The third kappa shape index (κ3) is 3.14. The summed E-state index contributed by atoms with van der Waals surface area (Å²) in [5.41, 5.74) is 0.831. The van der Waals surface area contributed by atoms with Crippen molar-refractivity contribution in [3.8, 4) is 0 Å². The number of nitrogens with one attached hydrogen (secondary N) is 1. The molecular weight excluding hydrogens is 271 g/mol. The summed E-state index contributed by atoms with van der Waals surface area (Å²) >= 11 is 0. The van der Waals surface area contributed by atoms with Gasteiger partial charge in [-0.15, -0.1) is 0 Å². The minimum atomic E-state index is -0.405. The molecule has 0 amide bonds. The van der Waals surface area contributed by atoms with Crippen LogP contribution in [-0.2, 0) is 6.54 Å². The highest BCUT2D eigenvalue weighted by Crippen LogP contribution is 2.16. The number of benzene rings is 1. The zero-order chi connectivity index (χ0) is 14.8. The van der Waals surface area contributed by atoms with Crippen molar-refractivity contribution in [2.45, 2.75) is 31.9 Å². The molecule has 1 saturated heterocycles. The summed E-state index contributed by atoms with van der Waals surface area (Å²) in [5, 5.41) is 10.0. The number of pyridine rings is 1. The molecule has 3 rings (SSSR count). The molecule has 0 radical (unpaired) electrons. The second-order valence-corrected chi connectivity index (χ2v) is 5.68. The first kappa shape index (κ1) is 14.2. The van der Waals surface area contributed by atoms with Crippen molar-refractivity contribution in [1.29, 1.82) is 0 Å². The number of aromatic amines is 1. The van der Waals surface area contributed by atoms with Crippen LogP contribution in [0.25, 0.3) is 10.9 Å². The summed E-state index contributed by atoms with van der Waals surface area (Å²) in [4.78, 5) is 17.3. The number of hydrogen-bond donors (Lipinski definition) is 2. The monoisotopic (exact) mass is 290 g/mol.